The minimum Gasteiger partial charge on any atom is -0.478 e. The van der Waals surface area contributed by atoms with Crippen LogP contribution in [0.3, 0.4) is 0 Å². The second-order valence-corrected chi connectivity index (χ2v) is 2.71. The second kappa shape index (κ2) is 2.70. The molecule has 0 fully saturated rings. The standard InChI is InChI=1S/C7H3ClN2O3/c8-5-4-1-3(7(11)12)2-9-6(4)13-10-5/h1-2H,(H,11,12). The Morgan fingerprint density at radius 2 is 2.38 bits per heavy atom. The molecule has 13 heavy (non-hydrogen) atoms. The second-order valence-electron chi connectivity index (χ2n) is 2.36. The van der Waals surface area contributed by atoms with Crippen molar-refractivity contribution in [2.75, 3.05) is 0 Å². The molecule has 0 amide bonds. The molecule has 0 aliphatic carbocycles. The summed E-state index contributed by atoms with van der Waals surface area (Å²) < 4.78 is 4.70. The molecule has 66 valence electrons. The highest BCUT2D eigenvalue weighted by atomic mass is 35.5. The van der Waals surface area contributed by atoms with Gasteiger partial charge in [-0.3, -0.25) is 0 Å². The first kappa shape index (κ1) is 8.00. The normalized spacial score (nSPS) is 10.5. The third-order valence-electron chi connectivity index (χ3n) is 1.53. The van der Waals surface area contributed by atoms with Gasteiger partial charge in [-0.15, -0.1) is 0 Å². The molecule has 0 aliphatic heterocycles. The van der Waals surface area contributed by atoms with E-state index in [4.69, 9.17) is 21.2 Å². The van der Waals surface area contributed by atoms with E-state index in [1.54, 1.807) is 0 Å². The number of hydrogen-bond donors (Lipinski definition) is 1. The molecule has 0 saturated carbocycles. The van der Waals surface area contributed by atoms with Gasteiger partial charge in [0, 0.05) is 6.20 Å². The van der Waals surface area contributed by atoms with E-state index in [0.717, 1.165) is 0 Å². The number of fused-ring (bicyclic) bond motifs is 1. The number of nitrogens with zero attached hydrogens (tertiary/aromatic N) is 2. The van der Waals surface area contributed by atoms with Gasteiger partial charge in [0.15, 0.2) is 5.15 Å². The molecule has 2 aromatic heterocycles. The van der Waals surface area contributed by atoms with E-state index in [0.29, 0.717) is 5.39 Å². The summed E-state index contributed by atoms with van der Waals surface area (Å²) in [5, 5.41) is 12.6. The van der Waals surface area contributed by atoms with E-state index in [1.807, 2.05) is 0 Å². The third-order valence-corrected chi connectivity index (χ3v) is 1.81. The number of carbonyl (C=O) groups is 1. The quantitative estimate of drug-likeness (QED) is 0.753. The van der Waals surface area contributed by atoms with Crippen molar-refractivity contribution >= 4 is 28.7 Å². The van der Waals surface area contributed by atoms with Crippen molar-refractivity contribution in [3.05, 3.63) is 23.0 Å². The maximum Gasteiger partial charge on any atom is 0.337 e. The number of carboxylic acids is 1. The van der Waals surface area contributed by atoms with Crippen LogP contribution >= 0.6 is 11.6 Å². The summed E-state index contributed by atoms with van der Waals surface area (Å²) in [4.78, 5) is 14.3. The zero-order chi connectivity index (χ0) is 9.42. The van der Waals surface area contributed by atoms with E-state index >= 15 is 0 Å². The highest BCUT2D eigenvalue weighted by Crippen LogP contribution is 2.21. The molecule has 0 bridgehead atoms. The van der Waals surface area contributed by atoms with Crippen LogP contribution in [0, 0.1) is 0 Å². The molecule has 0 unspecified atom stereocenters. The molecule has 0 spiro atoms. The SMILES string of the molecule is O=C(O)c1cnc2onc(Cl)c2c1. The monoisotopic (exact) mass is 198 g/mol. The number of aromatic carboxylic acids is 1. The Bertz CT molecular complexity index is 480. The minimum atomic E-state index is -1.06. The van der Waals surface area contributed by atoms with Crippen molar-refractivity contribution in [1.29, 1.82) is 0 Å². The van der Waals surface area contributed by atoms with Crippen LogP contribution in [0.15, 0.2) is 16.8 Å². The van der Waals surface area contributed by atoms with Crippen LogP contribution < -0.4 is 0 Å². The third kappa shape index (κ3) is 1.23. The van der Waals surface area contributed by atoms with E-state index in [1.165, 1.54) is 12.3 Å². The van der Waals surface area contributed by atoms with Crippen LogP contribution in [-0.4, -0.2) is 21.2 Å². The number of hydrogen-bond acceptors (Lipinski definition) is 4. The predicted octanol–water partition coefficient (Wildman–Crippen LogP) is 1.57. The topological polar surface area (TPSA) is 76.2 Å². The zero-order valence-corrected chi connectivity index (χ0v) is 6.95. The van der Waals surface area contributed by atoms with Gasteiger partial charge in [0.2, 0.25) is 0 Å². The van der Waals surface area contributed by atoms with Crippen LogP contribution in [-0.2, 0) is 0 Å². The predicted molar refractivity (Wildman–Crippen MR) is 43.8 cm³/mol. The van der Waals surface area contributed by atoms with Gasteiger partial charge in [-0.25, -0.2) is 9.78 Å². The van der Waals surface area contributed by atoms with Crippen molar-refractivity contribution in [2.45, 2.75) is 0 Å². The minimum absolute atomic E-state index is 0.0533. The Balaban J connectivity index is 2.72. The maximum absolute atomic E-state index is 10.5. The Labute approximate surface area is 76.9 Å². The van der Waals surface area contributed by atoms with E-state index < -0.39 is 5.97 Å². The Morgan fingerprint density at radius 1 is 1.62 bits per heavy atom. The Morgan fingerprint density at radius 3 is 3.08 bits per heavy atom. The average Bonchev–Trinajstić information content (AvgIpc) is 2.47. The first-order valence-corrected chi connectivity index (χ1v) is 3.70. The first-order valence-electron chi connectivity index (χ1n) is 3.32. The molecule has 0 aromatic carbocycles. The molecule has 6 heteroatoms. The van der Waals surface area contributed by atoms with Crippen LogP contribution in [0.25, 0.3) is 11.1 Å². The summed E-state index contributed by atoms with van der Waals surface area (Å²) in [7, 11) is 0. The number of halogens is 1. The van der Waals surface area contributed by atoms with E-state index in [2.05, 4.69) is 10.1 Å². The fourth-order valence-corrected chi connectivity index (χ4v) is 1.09. The maximum atomic E-state index is 10.5. The van der Waals surface area contributed by atoms with Gasteiger partial charge in [0.25, 0.3) is 5.71 Å². The van der Waals surface area contributed by atoms with Crippen molar-refractivity contribution in [3.8, 4) is 0 Å². The van der Waals surface area contributed by atoms with Gasteiger partial charge in [-0.1, -0.05) is 16.8 Å². The molecule has 2 aromatic rings. The van der Waals surface area contributed by atoms with Crippen molar-refractivity contribution < 1.29 is 14.4 Å². The van der Waals surface area contributed by atoms with Gasteiger partial charge >= 0.3 is 5.97 Å². The first-order chi connectivity index (χ1) is 6.18. The number of carboxylic acid groups (broad SMARTS) is 1. The molecule has 0 saturated heterocycles. The van der Waals surface area contributed by atoms with E-state index in [-0.39, 0.29) is 16.4 Å². The van der Waals surface area contributed by atoms with Gasteiger partial charge in [0.1, 0.15) is 0 Å². The molecular formula is C7H3ClN2O3. The van der Waals surface area contributed by atoms with Crippen LogP contribution in [0.2, 0.25) is 5.15 Å². The van der Waals surface area contributed by atoms with Gasteiger partial charge in [0.05, 0.1) is 10.9 Å². The molecule has 2 heterocycles. The lowest BCUT2D eigenvalue weighted by molar-refractivity contribution is 0.0696. The highest BCUT2D eigenvalue weighted by molar-refractivity contribution is 6.33. The fourth-order valence-electron chi connectivity index (χ4n) is 0.922. The molecule has 2 rings (SSSR count). The number of aromatic nitrogens is 2. The molecule has 5 nitrogen and oxygen atoms in total. The molecule has 0 radical (unpaired) electrons. The average molecular weight is 199 g/mol. The Hall–Kier alpha value is -1.62. The fraction of sp³-hybridized carbons (Fsp3) is 0. The van der Waals surface area contributed by atoms with Crippen molar-refractivity contribution in [2.24, 2.45) is 0 Å². The van der Waals surface area contributed by atoms with Crippen LogP contribution in [0.4, 0.5) is 0 Å². The lowest BCUT2D eigenvalue weighted by atomic mass is 10.2. The summed E-state index contributed by atoms with van der Waals surface area (Å²) in [6, 6.07) is 1.36. The summed E-state index contributed by atoms with van der Waals surface area (Å²) in [6.07, 6.45) is 1.19. The van der Waals surface area contributed by atoms with Gasteiger partial charge < -0.3 is 9.63 Å². The van der Waals surface area contributed by atoms with Crippen LogP contribution in [0.1, 0.15) is 10.4 Å². The molecule has 1 N–H and O–H groups in total. The summed E-state index contributed by atoms with van der Waals surface area (Å²) in [5.74, 6) is -1.06. The van der Waals surface area contributed by atoms with Crippen LogP contribution in [0.5, 0.6) is 0 Å². The summed E-state index contributed by atoms with van der Waals surface area (Å²) >= 11 is 5.61. The van der Waals surface area contributed by atoms with E-state index in [9.17, 15) is 4.79 Å². The highest BCUT2D eigenvalue weighted by Gasteiger charge is 2.10. The smallest absolute Gasteiger partial charge is 0.337 e. The molecule has 0 aliphatic rings. The van der Waals surface area contributed by atoms with Crippen molar-refractivity contribution in [3.63, 3.8) is 0 Å². The number of rotatable bonds is 1. The van der Waals surface area contributed by atoms with Crippen molar-refractivity contribution in [1.82, 2.24) is 10.1 Å². The number of pyridine rings is 1. The van der Waals surface area contributed by atoms with Gasteiger partial charge in [-0.2, -0.15) is 0 Å². The molecular weight excluding hydrogens is 196 g/mol. The summed E-state index contributed by atoms with van der Waals surface area (Å²) in [6.45, 7) is 0. The molecule has 0 atom stereocenters. The van der Waals surface area contributed by atoms with Gasteiger partial charge in [-0.05, 0) is 6.07 Å². The lowest BCUT2D eigenvalue weighted by Gasteiger charge is -1.91. The Kier molecular flexibility index (Phi) is 1.66. The largest absolute Gasteiger partial charge is 0.478 e. The summed E-state index contributed by atoms with van der Waals surface area (Å²) in [5.41, 5.74) is 0.285. The lowest BCUT2D eigenvalue weighted by Crippen LogP contribution is -1.96. The zero-order valence-electron chi connectivity index (χ0n) is 6.19.